The van der Waals surface area contributed by atoms with Gasteiger partial charge in [0.15, 0.2) is 6.29 Å². The first kappa shape index (κ1) is 15.4. The standard InChI is InChI=1S/C16H24O4/c1-14(19-12-16-13-20-16)18-10-6-5-9-17-11-15-7-3-2-4-8-15/h2-4,7-8,14,16H,5-6,9-13H2,1H3. The van der Waals surface area contributed by atoms with Crippen molar-refractivity contribution in [2.75, 3.05) is 26.4 Å². The van der Waals surface area contributed by atoms with Crippen LogP contribution in [0.1, 0.15) is 25.3 Å². The Balaban J connectivity index is 1.37. The van der Waals surface area contributed by atoms with E-state index in [2.05, 4.69) is 12.1 Å². The summed E-state index contributed by atoms with van der Waals surface area (Å²) in [5.74, 6) is 0. The topological polar surface area (TPSA) is 40.2 Å². The highest BCUT2D eigenvalue weighted by molar-refractivity contribution is 5.13. The summed E-state index contributed by atoms with van der Waals surface area (Å²) in [5.41, 5.74) is 1.22. The second-order valence-corrected chi connectivity index (χ2v) is 4.97. The molecule has 1 aromatic rings. The van der Waals surface area contributed by atoms with Crippen molar-refractivity contribution in [1.82, 2.24) is 0 Å². The largest absolute Gasteiger partial charge is 0.377 e. The molecule has 0 spiro atoms. The van der Waals surface area contributed by atoms with Crippen LogP contribution in [0.3, 0.4) is 0 Å². The average molecular weight is 280 g/mol. The molecule has 4 heteroatoms. The first-order chi connectivity index (χ1) is 9.84. The summed E-state index contributed by atoms with van der Waals surface area (Å²) in [6.45, 7) is 5.55. The van der Waals surface area contributed by atoms with Gasteiger partial charge >= 0.3 is 0 Å². The Hall–Kier alpha value is -0.940. The molecule has 2 atom stereocenters. The van der Waals surface area contributed by atoms with Crippen LogP contribution in [-0.4, -0.2) is 38.8 Å². The van der Waals surface area contributed by atoms with Gasteiger partial charge in [-0.15, -0.1) is 0 Å². The first-order valence-electron chi connectivity index (χ1n) is 7.31. The van der Waals surface area contributed by atoms with Gasteiger partial charge in [0.25, 0.3) is 0 Å². The van der Waals surface area contributed by atoms with E-state index in [0.717, 1.165) is 26.1 Å². The predicted molar refractivity (Wildman–Crippen MR) is 76.4 cm³/mol. The molecule has 1 heterocycles. The Morgan fingerprint density at radius 3 is 2.65 bits per heavy atom. The highest BCUT2D eigenvalue weighted by atomic mass is 16.7. The van der Waals surface area contributed by atoms with Gasteiger partial charge in [0.1, 0.15) is 6.10 Å². The monoisotopic (exact) mass is 280 g/mol. The maximum atomic E-state index is 5.61. The Labute approximate surface area is 121 Å². The van der Waals surface area contributed by atoms with E-state index in [1.165, 1.54) is 5.56 Å². The maximum Gasteiger partial charge on any atom is 0.154 e. The highest BCUT2D eigenvalue weighted by Gasteiger charge is 2.23. The molecule has 112 valence electrons. The molecule has 0 aromatic heterocycles. The van der Waals surface area contributed by atoms with Crippen LogP contribution in [-0.2, 0) is 25.6 Å². The lowest BCUT2D eigenvalue weighted by atomic mass is 10.2. The summed E-state index contributed by atoms with van der Waals surface area (Å²) in [7, 11) is 0. The van der Waals surface area contributed by atoms with Crippen LogP contribution in [0.4, 0.5) is 0 Å². The molecule has 1 fully saturated rings. The lowest BCUT2D eigenvalue weighted by Gasteiger charge is -2.13. The van der Waals surface area contributed by atoms with Crippen LogP contribution in [0.15, 0.2) is 30.3 Å². The van der Waals surface area contributed by atoms with E-state index in [1.54, 1.807) is 0 Å². The number of ether oxygens (including phenoxy) is 4. The lowest BCUT2D eigenvalue weighted by Crippen LogP contribution is -2.17. The fourth-order valence-electron chi connectivity index (χ4n) is 1.77. The van der Waals surface area contributed by atoms with Crippen molar-refractivity contribution < 1.29 is 18.9 Å². The zero-order chi connectivity index (χ0) is 14.0. The first-order valence-corrected chi connectivity index (χ1v) is 7.31. The average Bonchev–Trinajstić information content (AvgIpc) is 3.29. The molecule has 0 aliphatic carbocycles. The molecule has 1 aromatic carbocycles. The van der Waals surface area contributed by atoms with Crippen LogP contribution >= 0.6 is 0 Å². The van der Waals surface area contributed by atoms with Crippen LogP contribution in [0, 0.1) is 0 Å². The minimum Gasteiger partial charge on any atom is -0.377 e. The van der Waals surface area contributed by atoms with Gasteiger partial charge in [0, 0.05) is 13.2 Å². The Morgan fingerprint density at radius 2 is 1.90 bits per heavy atom. The van der Waals surface area contributed by atoms with Crippen molar-refractivity contribution in [2.45, 2.75) is 38.8 Å². The zero-order valence-electron chi connectivity index (χ0n) is 12.1. The van der Waals surface area contributed by atoms with Crippen molar-refractivity contribution in [3.05, 3.63) is 35.9 Å². The highest BCUT2D eigenvalue weighted by Crippen LogP contribution is 2.10. The van der Waals surface area contributed by atoms with Gasteiger partial charge in [-0.1, -0.05) is 30.3 Å². The van der Waals surface area contributed by atoms with E-state index in [4.69, 9.17) is 18.9 Å². The van der Waals surface area contributed by atoms with Crippen molar-refractivity contribution in [3.63, 3.8) is 0 Å². The molecule has 1 aliphatic rings. The molecule has 20 heavy (non-hydrogen) atoms. The summed E-state index contributed by atoms with van der Waals surface area (Å²) >= 11 is 0. The molecule has 4 nitrogen and oxygen atoms in total. The van der Waals surface area contributed by atoms with Gasteiger partial charge < -0.3 is 18.9 Å². The van der Waals surface area contributed by atoms with Gasteiger partial charge in [0.05, 0.1) is 19.8 Å². The molecule has 1 saturated heterocycles. The Bertz CT molecular complexity index is 351. The van der Waals surface area contributed by atoms with Crippen molar-refractivity contribution in [1.29, 1.82) is 0 Å². The van der Waals surface area contributed by atoms with Gasteiger partial charge in [-0.25, -0.2) is 0 Å². The molecular formula is C16H24O4. The van der Waals surface area contributed by atoms with Gasteiger partial charge in [-0.05, 0) is 25.3 Å². The van der Waals surface area contributed by atoms with Crippen molar-refractivity contribution >= 4 is 0 Å². The third-order valence-corrected chi connectivity index (χ3v) is 3.07. The molecule has 1 aliphatic heterocycles. The molecule has 0 bridgehead atoms. The second kappa shape index (κ2) is 9.08. The third kappa shape index (κ3) is 7.01. The summed E-state index contributed by atoms with van der Waals surface area (Å²) < 4.78 is 21.7. The minimum atomic E-state index is -0.149. The SMILES string of the molecule is CC(OCCCCOCc1ccccc1)OCC1CO1. The van der Waals surface area contributed by atoms with E-state index < -0.39 is 0 Å². The maximum absolute atomic E-state index is 5.61. The van der Waals surface area contributed by atoms with E-state index in [1.807, 2.05) is 25.1 Å². The lowest BCUT2D eigenvalue weighted by molar-refractivity contribution is -0.134. The molecule has 0 N–H and O–H groups in total. The fraction of sp³-hybridized carbons (Fsp3) is 0.625. The molecule has 2 unspecified atom stereocenters. The molecule has 0 radical (unpaired) electrons. The number of hydrogen-bond donors (Lipinski definition) is 0. The summed E-state index contributed by atoms with van der Waals surface area (Å²) in [5, 5.41) is 0. The van der Waals surface area contributed by atoms with E-state index in [9.17, 15) is 0 Å². The summed E-state index contributed by atoms with van der Waals surface area (Å²) in [6.07, 6.45) is 2.14. The molecular weight excluding hydrogens is 256 g/mol. The third-order valence-electron chi connectivity index (χ3n) is 3.07. The molecule has 2 rings (SSSR count). The number of hydrogen-bond acceptors (Lipinski definition) is 4. The Kier molecular flexibility index (Phi) is 7.01. The number of benzene rings is 1. The van der Waals surface area contributed by atoms with Crippen LogP contribution < -0.4 is 0 Å². The van der Waals surface area contributed by atoms with Gasteiger partial charge in [0.2, 0.25) is 0 Å². The fourth-order valence-corrected chi connectivity index (χ4v) is 1.77. The number of rotatable bonds is 11. The van der Waals surface area contributed by atoms with E-state index in [0.29, 0.717) is 25.9 Å². The van der Waals surface area contributed by atoms with E-state index >= 15 is 0 Å². The van der Waals surface area contributed by atoms with Crippen LogP contribution in [0.25, 0.3) is 0 Å². The Morgan fingerprint density at radius 1 is 1.15 bits per heavy atom. The predicted octanol–water partition coefficient (Wildman–Crippen LogP) is 2.76. The number of epoxide rings is 1. The normalized spacial score (nSPS) is 18.9. The van der Waals surface area contributed by atoms with Crippen LogP contribution in [0.5, 0.6) is 0 Å². The van der Waals surface area contributed by atoms with Crippen molar-refractivity contribution in [3.8, 4) is 0 Å². The minimum absolute atomic E-state index is 0.149. The summed E-state index contributed by atoms with van der Waals surface area (Å²) in [4.78, 5) is 0. The zero-order valence-corrected chi connectivity index (χ0v) is 12.1. The van der Waals surface area contributed by atoms with Crippen molar-refractivity contribution in [2.24, 2.45) is 0 Å². The van der Waals surface area contributed by atoms with Gasteiger partial charge in [-0.2, -0.15) is 0 Å². The van der Waals surface area contributed by atoms with Gasteiger partial charge in [-0.3, -0.25) is 0 Å². The second-order valence-electron chi connectivity index (χ2n) is 4.97. The quantitative estimate of drug-likeness (QED) is 0.355. The molecule has 0 saturated carbocycles. The van der Waals surface area contributed by atoms with Crippen LogP contribution in [0.2, 0.25) is 0 Å². The summed E-state index contributed by atoms with van der Waals surface area (Å²) in [6, 6.07) is 10.2. The molecule has 0 amide bonds. The van der Waals surface area contributed by atoms with E-state index in [-0.39, 0.29) is 6.29 Å². The number of unbranched alkanes of at least 4 members (excludes halogenated alkanes) is 1. The smallest absolute Gasteiger partial charge is 0.154 e.